The molecule has 150 valence electrons. The average Bonchev–Trinajstić information content (AvgIpc) is 2.67. The van der Waals surface area contributed by atoms with Gasteiger partial charge in [-0.2, -0.15) is 0 Å². The van der Waals surface area contributed by atoms with E-state index in [4.69, 9.17) is 0 Å². The Labute approximate surface area is 168 Å². The first-order valence-corrected chi connectivity index (χ1v) is 10.0. The zero-order valence-electron chi connectivity index (χ0n) is 16.4. The minimum Gasteiger partial charge on any atom is -0.469 e. The van der Waals surface area contributed by atoms with Crippen LogP contribution in [0.1, 0.15) is 30.2 Å². The Morgan fingerprint density at radius 2 is 1.96 bits per heavy atom. The molecular weight excluding hydrogens is 378 g/mol. The van der Waals surface area contributed by atoms with Crippen molar-refractivity contribution in [3.05, 3.63) is 57.5 Å². The maximum atomic E-state index is 12.7. The van der Waals surface area contributed by atoms with Gasteiger partial charge in [0.1, 0.15) is 0 Å². The molecule has 28 heavy (non-hydrogen) atoms. The minimum absolute atomic E-state index is 0.0338. The maximum Gasteiger partial charge on any atom is 0.311 e. The van der Waals surface area contributed by atoms with Gasteiger partial charge in [0.2, 0.25) is 5.91 Å². The fourth-order valence-electron chi connectivity index (χ4n) is 2.56. The molecule has 1 aromatic carbocycles. The molecule has 0 bridgehead atoms. The van der Waals surface area contributed by atoms with Gasteiger partial charge in [-0.15, -0.1) is 0 Å². The van der Waals surface area contributed by atoms with Gasteiger partial charge in [-0.1, -0.05) is 48.5 Å². The Kier molecular flexibility index (Phi) is 8.25. The summed E-state index contributed by atoms with van der Waals surface area (Å²) in [6.45, 7) is 5.24. The number of benzene rings is 1. The number of ether oxygens (including phenoxy) is 1. The monoisotopic (exact) mass is 403 g/mol. The molecule has 1 aromatic heterocycles. The molecule has 0 aliphatic heterocycles. The van der Waals surface area contributed by atoms with Crippen LogP contribution in [0.5, 0.6) is 0 Å². The normalized spacial score (nSPS) is 10.5. The van der Waals surface area contributed by atoms with Crippen molar-refractivity contribution in [2.75, 3.05) is 19.4 Å². The fraction of sp³-hybridized carbons (Fsp3) is 0.400. The summed E-state index contributed by atoms with van der Waals surface area (Å²) >= 11 is 1.15. The van der Waals surface area contributed by atoms with Crippen molar-refractivity contribution < 1.29 is 14.3 Å². The van der Waals surface area contributed by atoms with Crippen LogP contribution in [0.15, 0.2) is 40.3 Å². The van der Waals surface area contributed by atoms with Crippen molar-refractivity contribution in [3.63, 3.8) is 0 Å². The summed E-state index contributed by atoms with van der Waals surface area (Å²) < 4.78 is 4.60. The standard InChI is InChI=1S/C20H25N3O4S/c1-4-9-23(12-15-7-5-14(2)6-8-15)18(25)13-28-20-21-16(10-17(24)22-20)11-19(26)27-3/h5-8,10H,4,9,11-13H2,1-3H3,(H,21,22,24). The molecule has 8 heteroatoms. The van der Waals surface area contributed by atoms with Gasteiger partial charge < -0.3 is 14.6 Å². The van der Waals surface area contributed by atoms with Crippen molar-refractivity contribution in [3.8, 4) is 0 Å². The van der Waals surface area contributed by atoms with Crippen LogP contribution in [0.25, 0.3) is 0 Å². The Bertz CT molecular complexity index is 864. The van der Waals surface area contributed by atoms with Crippen molar-refractivity contribution in [1.29, 1.82) is 0 Å². The van der Waals surface area contributed by atoms with E-state index in [0.29, 0.717) is 23.9 Å². The molecule has 2 rings (SSSR count). The molecule has 1 amide bonds. The van der Waals surface area contributed by atoms with E-state index >= 15 is 0 Å². The Balaban J connectivity index is 2.02. The molecule has 0 fully saturated rings. The summed E-state index contributed by atoms with van der Waals surface area (Å²) in [5.41, 5.74) is 2.20. The zero-order valence-corrected chi connectivity index (χ0v) is 17.2. The number of nitrogens with zero attached hydrogens (tertiary/aromatic N) is 2. The third-order valence-corrected chi connectivity index (χ3v) is 4.86. The van der Waals surface area contributed by atoms with Gasteiger partial charge in [-0.25, -0.2) is 4.98 Å². The number of methoxy groups -OCH3 is 1. The highest BCUT2D eigenvalue weighted by Crippen LogP contribution is 2.15. The summed E-state index contributed by atoms with van der Waals surface area (Å²) in [4.78, 5) is 44.5. The predicted molar refractivity (Wildman–Crippen MR) is 108 cm³/mol. The molecular formula is C20H25N3O4S. The lowest BCUT2D eigenvalue weighted by Crippen LogP contribution is -2.32. The van der Waals surface area contributed by atoms with E-state index in [2.05, 4.69) is 14.7 Å². The predicted octanol–water partition coefficient (Wildman–Crippen LogP) is 2.32. The number of aromatic amines is 1. The molecule has 0 radical (unpaired) electrons. The van der Waals surface area contributed by atoms with Gasteiger partial charge in [0.05, 0.1) is 25.0 Å². The van der Waals surface area contributed by atoms with Crippen LogP contribution in [0.3, 0.4) is 0 Å². The number of H-pyrrole nitrogens is 1. The second kappa shape index (κ2) is 10.7. The molecule has 0 spiro atoms. The number of hydrogen-bond donors (Lipinski definition) is 1. The summed E-state index contributed by atoms with van der Waals surface area (Å²) in [5, 5.41) is 0.312. The molecule has 0 saturated carbocycles. The van der Waals surface area contributed by atoms with Gasteiger partial charge in [0.15, 0.2) is 5.16 Å². The molecule has 0 aliphatic rings. The van der Waals surface area contributed by atoms with E-state index in [1.165, 1.54) is 18.7 Å². The van der Waals surface area contributed by atoms with Crippen LogP contribution in [0.4, 0.5) is 0 Å². The van der Waals surface area contributed by atoms with Crippen molar-refractivity contribution >= 4 is 23.6 Å². The smallest absolute Gasteiger partial charge is 0.311 e. The van der Waals surface area contributed by atoms with E-state index in [0.717, 1.165) is 23.7 Å². The summed E-state index contributed by atoms with van der Waals surface area (Å²) in [6.07, 6.45) is 0.767. The fourth-order valence-corrected chi connectivity index (χ4v) is 3.36. The number of hydrogen-bond acceptors (Lipinski definition) is 6. The molecule has 0 unspecified atom stereocenters. The summed E-state index contributed by atoms with van der Waals surface area (Å²) in [7, 11) is 1.28. The van der Waals surface area contributed by atoms with Crippen molar-refractivity contribution in [2.45, 2.75) is 38.4 Å². The number of aromatic nitrogens is 2. The number of carbonyl (C=O) groups excluding carboxylic acids is 2. The first-order valence-electron chi connectivity index (χ1n) is 9.04. The maximum absolute atomic E-state index is 12.7. The number of amides is 1. The Morgan fingerprint density at radius 3 is 2.61 bits per heavy atom. The van der Waals surface area contributed by atoms with Crippen molar-refractivity contribution in [1.82, 2.24) is 14.9 Å². The number of thioether (sulfide) groups is 1. The number of nitrogens with one attached hydrogen (secondary N) is 1. The van der Waals surface area contributed by atoms with E-state index < -0.39 is 5.97 Å². The second-order valence-electron chi connectivity index (χ2n) is 6.38. The van der Waals surface area contributed by atoms with E-state index in [-0.39, 0.29) is 23.6 Å². The first kappa shape index (κ1) is 21.7. The molecule has 0 aliphatic carbocycles. The Hall–Kier alpha value is -2.61. The number of aryl methyl sites for hydroxylation is 1. The van der Waals surface area contributed by atoms with Crippen LogP contribution in [0.2, 0.25) is 0 Å². The van der Waals surface area contributed by atoms with Gasteiger partial charge in [-0.05, 0) is 18.9 Å². The highest BCUT2D eigenvalue weighted by molar-refractivity contribution is 7.99. The van der Waals surface area contributed by atoms with Gasteiger partial charge in [0, 0.05) is 19.2 Å². The molecule has 1 N–H and O–H groups in total. The van der Waals surface area contributed by atoms with Crippen LogP contribution < -0.4 is 5.56 Å². The molecule has 0 atom stereocenters. The highest BCUT2D eigenvalue weighted by Gasteiger charge is 2.15. The largest absolute Gasteiger partial charge is 0.469 e. The van der Waals surface area contributed by atoms with Crippen LogP contribution in [-0.4, -0.2) is 46.2 Å². The molecule has 1 heterocycles. The lowest BCUT2D eigenvalue weighted by atomic mass is 10.1. The van der Waals surface area contributed by atoms with Gasteiger partial charge in [0.25, 0.3) is 5.56 Å². The Morgan fingerprint density at radius 1 is 1.25 bits per heavy atom. The molecule has 7 nitrogen and oxygen atoms in total. The second-order valence-corrected chi connectivity index (χ2v) is 7.35. The number of esters is 1. The molecule has 0 saturated heterocycles. The summed E-state index contributed by atoms with van der Waals surface area (Å²) in [5.74, 6) is -0.359. The topological polar surface area (TPSA) is 92.4 Å². The average molecular weight is 404 g/mol. The lowest BCUT2D eigenvalue weighted by molar-refractivity contribution is -0.139. The van der Waals surface area contributed by atoms with E-state index in [9.17, 15) is 14.4 Å². The number of rotatable bonds is 9. The SMILES string of the molecule is CCCN(Cc1ccc(C)cc1)C(=O)CSc1nc(CC(=O)OC)cc(=O)[nH]1. The minimum atomic E-state index is -0.475. The van der Waals surface area contributed by atoms with Crippen LogP contribution >= 0.6 is 11.8 Å². The third-order valence-electron chi connectivity index (χ3n) is 4.00. The highest BCUT2D eigenvalue weighted by atomic mass is 32.2. The van der Waals surface area contributed by atoms with Crippen molar-refractivity contribution in [2.24, 2.45) is 0 Å². The van der Waals surface area contributed by atoms with Gasteiger partial charge >= 0.3 is 5.97 Å². The lowest BCUT2D eigenvalue weighted by Gasteiger charge is -2.22. The number of carbonyl (C=O) groups is 2. The van der Waals surface area contributed by atoms with E-state index in [1.807, 2.05) is 38.1 Å². The quantitative estimate of drug-likeness (QED) is 0.392. The van der Waals surface area contributed by atoms with Crippen LogP contribution in [0, 0.1) is 6.92 Å². The first-order chi connectivity index (χ1) is 13.4. The zero-order chi connectivity index (χ0) is 20.5. The van der Waals surface area contributed by atoms with Crippen LogP contribution in [-0.2, 0) is 27.3 Å². The van der Waals surface area contributed by atoms with Gasteiger partial charge in [-0.3, -0.25) is 14.4 Å². The van der Waals surface area contributed by atoms with E-state index in [1.54, 1.807) is 4.90 Å². The third kappa shape index (κ3) is 6.84. The summed E-state index contributed by atoms with van der Waals surface area (Å²) in [6, 6.07) is 9.35. The molecule has 2 aromatic rings.